The average molecular weight is 280 g/mol. The van der Waals surface area contributed by atoms with Crippen LogP contribution in [0.2, 0.25) is 0 Å². The van der Waals surface area contributed by atoms with Gasteiger partial charge in [-0.25, -0.2) is 0 Å². The molecular formula is C12H16N4S2. The van der Waals surface area contributed by atoms with E-state index in [1.54, 1.807) is 12.4 Å². The highest BCUT2D eigenvalue weighted by Gasteiger charge is 2.09. The quantitative estimate of drug-likeness (QED) is 0.855. The number of hydrogen-bond donors (Lipinski definition) is 1. The summed E-state index contributed by atoms with van der Waals surface area (Å²) >= 11 is 7.15. The van der Waals surface area contributed by atoms with Crippen molar-refractivity contribution in [3.05, 3.63) is 29.3 Å². The van der Waals surface area contributed by atoms with Gasteiger partial charge >= 0.3 is 0 Å². The Morgan fingerprint density at radius 2 is 2.17 bits per heavy atom. The van der Waals surface area contributed by atoms with Crippen LogP contribution in [0.25, 0.3) is 11.4 Å². The zero-order chi connectivity index (χ0) is 13.0. The number of hydrogen-bond acceptors (Lipinski definition) is 4. The first-order valence-electron chi connectivity index (χ1n) is 5.80. The first-order valence-corrected chi connectivity index (χ1v) is 7.50. The minimum Gasteiger partial charge on any atom is -0.300 e. The molecule has 0 fully saturated rings. The zero-order valence-electron chi connectivity index (χ0n) is 10.5. The number of aromatic amines is 1. The van der Waals surface area contributed by atoms with Crippen LogP contribution in [0.15, 0.2) is 24.5 Å². The third-order valence-corrected chi connectivity index (χ3v) is 4.21. The van der Waals surface area contributed by atoms with Crippen molar-refractivity contribution in [2.45, 2.75) is 25.1 Å². The molecule has 96 valence electrons. The molecule has 2 heterocycles. The molecule has 2 aromatic rings. The summed E-state index contributed by atoms with van der Waals surface area (Å²) in [5, 5.41) is 7.78. The van der Waals surface area contributed by atoms with Crippen molar-refractivity contribution < 1.29 is 0 Å². The third-order valence-electron chi connectivity index (χ3n) is 2.86. The Hall–Kier alpha value is -1.14. The lowest BCUT2D eigenvalue weighted by atomic mass is 10.2. The molecule has 0 aromatic carbocycles. The van der Waals surface area contributed by atoms with Gasteiger partial charge in [0.05, 0.1) is 0 Å². The van der Waals surface area contributed by atoms with Crippen LogP contribution in [0.3, 0.4) is 0 Å². The standard InChI is InChI=1S/C12H16N4S2/c1-9(18-2)5-8-16-11(14-15-12(16)17)10-3-6-13-7-4-10/h3-4,6-7,9H,5,8H2,1-2H3,(H,15,17). The average Bonchev–Trinajstić information content (AvgIpc) is 2.78. The second kappa shape index (κ2) is 6.15. The Labute approximate surface area is 116 Å². The van der Waals surface area contributed by atoms with Crippen LogP contribution in [0.4, 0.5) is 0 Å². The second-order valence-electron chi connectivity index (χ2n) is 4.07. The molecule has 2 rings (SSSR count). The number of nitrogens with one attached hydrogen (secondary N) is 1. The van der Waals surface area contributed by atoms with E-state index in [0.29, 0.717) is 10.0 Å². The predicted octanol–water partition coefficient (Wildman–Crippen LogP) is 3.14. The largest absolute Gasteiger partial charge is 0.300 e. The van der Waals surface area contributed by atoms with E-state index in [1.165, 1.54) is 0 Å². The van der Waals surface area contributed by atoms with Crippen LogP contribution in [-0.4, -0.2) is 31.3 Å². The predicted molar refractivity (Wildman–Crippen MR) is 78.2 cm³/mol. The molecule has 0 aliphatic rings. The van der Waals surface area contributed by atoms with Crippen LogP contribution < -0.4 is 0 Å². The molecule has 1 atom stereocenters. The molecular weight excluding hydrogens is 264 g/mol. The molecule has 0 aliphatic carbocycles. The molecule has 0 saturated carbocycles. The molecule has 2 aromatic heterocycles. The Balaban J connectivity index is 2.25. The first kappa shape index (κ1) is 13.3. The van der Waals surface area contributed by atoms with Crippen LogP contribution in [0, 0.1) is 4.77 Å². The van der Waals surface area contributed by atoms with Gasteiger partial charge in [-0.15, -0.1) is 0 Å². The number of rotatable bonds is 5. The maximum absolute atomic E-state index is 5.28. The van der Waals surface area contributed by atoms with E-state index < -0.39 is 0 Å². The summed E-state index contributed by atoms with van der Waals surface area (Å²) in [5.74, 6) is 0.885. The normalized spacial score (nSPS) is 12.6. The van der Waals surface area contributed by atoms with Crippen LogP contribution in [-0.2, 0) is 6.54 Å². The molecule has 18 heavy (non-hydrogen) atoms. The summed E-state index contributed by atoms with van der Waals surface area (Å²) in [6, 6.07) is 3.89. The van der Waals surface area contributed by atoms with Gasteiger partial charge in [0.25, 0.3) is 0 Å². The van der Waals surface area contributed by atoms with Gasteiger partial charge in [0.2, 0.25) is 0 Å². The van der Waals surface area contributed by atoms with Crippen LogP contribution in [0.5, 0.6) is 0 Å². The van der Waals surface area contributed by atoms with Gasteiger partial charge in [-0.3, -0.25) is 10.1 Å². The maximum Gasteiger partial charge on any atom is 0.195 e. The smallest absolute Gasteiger partial charge is 0.195 e. The number of aromatic nitrogens is 4. The number of nitrogens with zero attached hydrogens (tertiary/aromatic N) is 3. The van der Waals surface area contributed by atoms with Crippen molar-refractivity contribution in [2.24, 2.45) is 0 Å². The molecule has 1 unspecified atom stereocenters. The van der Waals surface area contributed by atoms with Gasteiger partial charge in [0.1, 0.15) is 0 Å². The van der Waals surface area contributed by atoms with E-state index in [9.17, 15) is 0 Å². The van der Waals surface area contributed by atoms with Gasteiger partial charge in [0.15, 0.2) is 10.6 Å². The van der Waals surface area contributed by atoms with Crippen molar-refractivity contribution >= 4 is 24.0 Å². The molecule has 0 aliphatic heterocycles. The number of thioether (sulfide) groups is 1. The number of H-pyrrole nitrogens is 1. The highest BCUT2D eigenvalue weighted by Crippen LogP contribution is 2.18. The maximum atomic E-state index is 5.28. The molecule has 4 nitrogen and oxygen atoms in total. The first-order chi connectivity index (χ1) is 8.72. The van der Waals surface area contributed by atoms with Gasteiger partial charge < -0.3 is 4.57 Å². The molecule has 6 heteroatoms. The van der Waals surface area contributed by atoms with Crippen LogP contribution in [0.1, 0.15) is 13.3 Å². The topological polar surface area (TPSA) is 46.5 Å². The minimum absolute atomic E-state index is 0.618. The lowest BCUT2D eigenvalue weighted by Gasteiger charge is -2.10. The summed E-state index contributed by atoms with van der Waals surface area (Å²) in [6.45, 7) is 3.11. The van der Waals surface area contributed by atoms with E-state index in [0.717, 1.165) is 24.4 Å². The summed E-state index contributed by atoms with van der Waals surface area (Å²) < 4.78 is 2.73. The third kappa shape index (κ3) is 3.00. The molecule has 1 N–H and O–H groups in total. The fraction of sp³-hybridized carbons (Fsp3) is 0.417. The fourth-order valence-corrected chi connectivity index (χ4v) is 2.24. The van der Waals surface area contributed by atoms with Crippen molar-refractivity contribution in [3.63, 3.8) is 0 Å². The molecule has 0 bridgehead atoms. The van der Waals surface area contributed by atoms with Gasteiger partial charge in [-0.2, -0.15) is 16.9 Å². The Bertz CT molecular complexity index is 547. The minimum atomic E-state index is 0.618. The Kier molecular flexibility index (Phi) is 4.54. The van der Waals surface area contributed by atoms with Crippen molar-refractivity contribution in [3.8, 4) is 11.4 Å². The zero-order valence-corrected chi connectivity index (χ0v) is 12.1. The van der Waals surface area contributed by atoms with Crippen molar-refractivity contribution in [1.82, 2.24) is 19.7 Å². The summed E-state index contributed by atoms with van der Waals surface area (Å²) in [7, 11) is 0. The number of pyridine rings is 1. The second-order valence-corrected chi connectivity index (χ2v) is 5.74. The van der Waals surface area contributed by atoms with E-state index in [4.69, 9.17) is 12.2 Å². The van der Waals surface area contributed by atoms with Crippen LogP contribution >= 0.6 is 24.0 Å². The molecule has 0 saturated heterocycles. The monoisotopic (exact) mass is 280 g/mol. The van der Waals surface area contributed by atoms with Crippen molar-refractivity contribution in [2.75, 3.05) is 6.26 Å². The van der Waals surface area contributed by atoms with Gasteiger partial charge in [-0.05, 0) is 37.0 Å². The summed E-state index contributed by atoms with van der Waals surface area (Å²) in [5.41, 5.74) is 1.04. The lowest BCUT2D eigenvalue weighted by molar-refractivity contribution is 0.637. The Morgan fingerprint density at radius 1 is 1.44 bits per heavy atom. The lowest BCUT2D eigenvalue weighted by Crippen LogP contribution is -2.06. The SMILES string of the molecule is CSC(C)CCn1c(-c2ccncc2)n[nH]c1=S. The highest BCUT2D eigenvalue weighted by molar-refractivity contribution is 7.99. The van der Waals surface area contributed by atoms with Gasteiger partial charge in [0, 0.05) is 29.8 Å². The van der Waals surface area contributed by atoms with E-state index in [2.05, 4.69) is 32.9 Å². The van der Waals surface area contributed by atoms with Crippen molar-refractivity contribution in [1.29, 1.82) is 0 Å². The van der Waals surface area contributed by atoms with E-state index in [1.807, 2.05) is 23.9 Å². The molecule has 0 spiro atoms. The summed E-state index contributed by atoms with van der Waals surface area (Å²) in [4.78, 5) is 4.02. The summed E-state index contributed by atoms with van der Waals surface area (Å²) in [6.07, 6.45) is 6.74. The van der Waals surface area contributed by atoms with E-state index >= 15 is 0 Å². The fourth-order valence-electron chi connectivity index (χ4n) is 1.68. The highest BCUT2D eigenvalue weighted by atomic mass is 32.2. The van der Waals surface area contributed by atoms with Gasteiger partial charge in [-0.1, -0.05) is 6.92 Å². The van der Waals surface area contributed by atoms with E-state index in [-0.39, 0.29) is 0 Å². The molecule has 0 radical (unpaired) electrons. The molecule has 0 amide bonds. The Morgan fingerprint density at radius 3 is 2.83 bits per heavy atom.